The number of ketones is 1. The second-order valence-corrected chi connectivity index (χ2v) is 6.65. The lowest BCUT2D eigenvalue weighted by molar-refractivity contribution is -0.0420. The zero-order valence-corrected chi connectivity index (χ0v) is 14.1. The summed E-state index contributed by atoms with van der Waals surface area (Å²) in [6.45, 7) is 3.48. The molecule has 1 aliphatic rings. The Morgan fingerprint density at radius 2 is 1.84 bits per heavy atom. The van der Waals surface area contributed by atoms with E-state index in [1.165, 1.54) is 18.2 Å². The van der Waals surface area contributed by atoms with Gasteiger partial charge in [0.2, 0.25) is 0 Å². The molecule has 1 atom stereocenters. The van der Waals surface area contributed by atoms with E-state index < -0.39 is 11.7 Å². The summed E-state index contributed by atoms with van der Waals surface area (Å²) in [5, 5.41) is 29.5. The quantitative estimate of drug-likeness (QED) is 0.590. The summed E-state index contributed by atoms with van der Waals surface area (Å²) < 4.78 is 5.83. The topological polar surface area (TPSA) is 87.0 Å². The number of hydrogen-bond donors (Lipinski definition) is 3. The minimum atomic E-state index is -0.851. The minimum Gasteiger partial charge on any atom is -0.508 e. The fourth-order valence-corrected chi connectivity index (χ4v) is 2.74. The largest absolute Gasteiger partial charge is 0.508 e. The lowest BCUT2D eigenvalue weighted by Gasteiger charge is -2.37. The summed E-state index contributed by atoms with van der Waals surface area (Å²) in [5.74, 6) is 0.209. The summed E-state index contributed by atoms with van der Waals surface area (Å²) in [7, 11) is 0. The van der Waals surface area contributed by atoms with Crippen LogP contribution in [-0.2, 0) is 6.42 Å². The van der Waals surface area contributed by atoms with Gasteiger partial charge >= 0.3 is 0 Å². The second kappa shape index (κ2) is 6.26. The number of phenols is 2. The molecule has 1 aliphatic heterocycles. The molecule has 3 rings (SSSR count). The van der Waals surface area contributed by atoms with Gasteiger partial charge in [-0.15, -0.1) is 0 Å². The molecule has 0 amide bonds. The highest BCUT2D eigenvalue weighted by molar-refractivity contribution is 6.09. The van der Waals surface area contributed by atoms with E-state index in [2.05, 4.69) is 0 Å². The van der Waals surface area contributed by atoms with Gasteiger partial charge in [-0.3, -0.25) is 4.79 Å². The zero-order chi connectivity index (χ0) is 18.2. The highest BCUT2D eigenvalue weighted by Crippen LogP contribution is 2.41. The summed E-state index contributed by atoms with van der Waals surface area (Å²) >= 11 is 0. The molecule has 0 saturated carbocycles. The highest BCUT2D eigenvalue weighted by Gasteiger charge is 2.38. The number of fused-ring (bicyclic) bond motifs is 1. The van der Waals surface area contributed by atoms with Crippen LogP contribution >= 0.6 is 0 Å². The number of benzene rings is 2. The van der Waals surface area contributed by atoms with Gasteiger partial charge < -0.3 is 20.1 Å². The van der Waals surface area contributed by atoms with Crippen molar-refractivity contribution in [2.24, 2.45) is 0 Å². The maximum absolute atomic E-state index is 12.6. The maximum atomic E-state index is 12.6. The summed E-state index contributed by atoms with van der Waals surface area (Å²) in [6.07, 6.45) is 2.50. The molecule has 2 aromatic carbocycles. The third-order valence-corrected chi connectivity index (χ3v) is 4.39. The van der Waals surface area contributed by atoms with E-state index in [0.29, 0.717) is 16.9 Å². The van der Waals surface area contributed by atoms with Crippen LogP contribution in [0.25, 0.3) is 6.08 Å². The zero-order valence-electron chi connectivity index (χ0n) is 14.1. The first-order valence-electron chi connectivity index (χ1n) is 8.01. The third-order valence-electron chi connectivity index (χ3n) is 4.39. The van der Waals surface area contributed by atoms with Crippen molar-refractivity contribution in [2.45, 2.75) is 32.0 Å². The monoisotopic (exact) mass is 340 g/mol. The molecule has 3 N–H and O–H groups in total. The molecule has 0 aromatic heterocycles. The van der Waals surface area contributed by atoms with Crippen molar-refractivity contribution in [3.05, 3.63) is 59.2 Å². The van der Waals surface area contributed by atoms with Gasteiger partial charge in [-0.2, -0.15) is 0 Å². The van der Waals surface area contributed by atoms with Crippen molar-refractivity contribution in [3.63, 3.8) is 0 Å². The number of hydrogen-bond acceptors (Lipinski definition) is 5. The van der Waals surface area contributed by atoms with Crippen LogP contribution in [0.2, 0.25) is 0 Å². The Balaban J connectivity index is 1.94. The smallest absolute Gasteiger partial charge is 0.189 e. The molecule has 0 radical (unpaired) electrons. The number of ether oxygens (including phenoxy) is 1. The van der Waals surface area contributed by atoms with Crippen LogP contribution in [0.1, 0.15) is 35.3 Å². The van der Waals surface area contributed by atoms with Crippen LogP contribution in [0, 0.1) is 0 Å². The van der Waals surface area contributed by atoms with Gasteiger partial charge in [-0.25, -0.2) is 0 Å². The van der Waals surface area contributed by atoms with Gasteiger partial charge in [-0.05, 0) is 49.8 Å². The summed E-state index contributed by atoms with van der Waals surface area (Å²) in [5.41, 5.74) is 0.699. The number of phenolic OH excluding ortho intramolecular Hbond substituents is 2. The molecule has 5 nitrogen and oxygen atoms in total. The van der Waals surface area contributed by atoms with E-state index in [0.717, 1.165) is 5.56 Å². The second-order valence-electron chi connectivity index (χ2n) is 6.65. The number of aliphatic hydroxyl groups is 1. The third kappa shape index (κ3) is 3.37. The van der Waals surface area contributed by atoms with Crippen molar-refractivity contribution in [3.8, 4) is 17.2 Å². The maximum Gasteiger partial charge on any atom is 0.189 e. The molecular formula is C20H20O5. The molecule has 0 saturated heterocycles. The normalized spacial score (nSPS) is 18.6. The van der Waals surface area contributed by atoms with E-state index in [9.17, 15) is 20.1 Å². The molecule has 0 fully saturated rings. The number of rotatable bonds is 3. The first-order chi connectivity index (χ1) is 11.8. The molecule has 5 heteroatoms. The van der Waals surface area contributed by atoms with Crippen molar-refractivity contribution in [1.29, 1.82) is 0 Å². The van der Waals surface area contributed by atoms with Crippen LogP contribution in [0.3, 0.4) is 0 Å². The van der Waals surface area contributed by atoms with Crippen LogP contribution in [0.5, 0.6) is 17.2 Å². The average Bonchev–Trinajstić information content (AvgIpc) is 2.56. The number of carbonyl (C=O) groups is 1. The highest BCUT2D eigenvalue weighted by atomic mass is 16.5. The lowest BCUT2D eigenvalue weighted by atomic mass is 9.88. The Labute approximate surface area is 145 Å². The SMILES string of the molecule is CC1(C)Oc2c(C(=O)C=Cc3ccc(O)cc3)ccc(O)c2C[C@@H]1O. The summed E-state index contributed by atoms with van der Waals surface area (Å²) in [4.78, 5) is 12.6. The van der Waals surface area contributed by atoms with Gasteiger partial charge in [0.1, 0.15) is 22.8 Å². The molecule has 0 aliphatic carbocycles. The van der Waals surface area contributed by atoms with E-state index in [1.807, 2.05) is 0 Å². The average molecular weight is 340 g/mol. The molecule has 0 spiro atoms. The molecular weight excluding hydrogens is 320 g/mol. The number of allylic oxidation sites excluding steroid dienone is 1. The number of aliphatic hydroxyl groups excluding tert-OH is 1. The standard InChI is InChI=1S/C20H20O5/c1-20(2)18(24)11-15-17(23)10-8-14(19(15)25-20)16(22)9-5-12-3-6-13(21)7-4-12/h3-10,18,21,23-24H,11H2,1-2H3/t18-/m0/s1. The Kier molecular flexibility index (Phi) is 4.27. The van der Waals surface area contributed by atoms with Crippen molar-refractivity contribution in [1.82, 2.24) is 0 Å². The van der Waals surface area contributed by atoms with Gasteiger partial charge in [0, 0.05) is 12.0 Å². The molecule has 0 unspecified atom stereocenters. The van der Waals surface area contributed by atoms with E-state index in [1.54, 1.807) is 44.2 Å². The molecule has 2 aromatic rings. The predicted octanol–water partition coefficient (Wildman–Crippen LogP) is 3.07. The minimum absolute atomic E-state index is 0.00335. The number of aromatic hydroxyl groups is 2. The van der Waals surface area contributed by atoms with Crippen LogP contribution < -0.4 is 4.74 Å². The van der Waals surface area contributed by atoms with Gasteiger partial charge in [0.05, 0.1) is 11.7 Å². The fraction of sp³-hybridized carbons (Fsp3) is 0.250. The van der Waals surface area contributed by atoms with Crippen molar-refractivity contribution < 1.29 is 24.9 Å². The molecule has 0 bridgehead atoms. The fourth-order valence-electron chi connectivity index (χ4n) is 2.74. The predicted molar refractivity (Wildman–Crippen MR) is 94.0 cm³/mol. The van der Waals surface area contributed by atoms with E-state index in [-0.39, 0.29) is 23.7 Å². The Morgan fingerprint density at radius 3 is 2.52 bits per heavy atom. The van der Waals surface area contributed by atoms with Crippen molar-refractivity contribution >= 4 is 11.9 Å². The first kappa shape index (κ1) is 17.0. The Bertz CT molecular complexity index is 834. The van der Waals surface area contributed by atoms with Crippen LogP contribution in [0.15, 0.2) is 42.5 Å². The summed E-state index contributed by atoms with van der Waals surface area (Å²) in [6, 6.07) is 9.43. The molecule has 1 heterocycles. The Morgan fingerprint density at radius 1 is 1.16 bits per heavy atom. The first-order valence-corrected chi connectivity index (χ1v) is 8.01. The number of carbonyl (C=O) groups excluding carboxylic acids is 1. The van der Waals surface area contributed by atoms with Gasteiger partial charge in [0.25, 0.3) is 0 Å². The molecule has 130 valence electrons. The van der Waals surface area contributed by atoms with E-state index >= 15 is 0 Å². The lowest BCUT2D eigenvalue weighted by Crippen LogP contribution is -2.46. The van der Waals surface area contributed by atoms with Crippen LogP contribution in [-0.4, -0.2) is 32.8 Å². The van der Waals surface area contributed by atoms with Crippen LogP contribution in [0.4, 0.5) is 0 Å². The van der Waals surface area contributed by atoms with Gasteiger partial charge in [-0.1, -0.05) is 18.2 Å². The molecule has 25 heavy (non-hydrogen) atoms. The Hall–Kier alpha value is -2.79. The van der Waals surface area contributed by atoms with E-state index in [4.69, 9.17) is 4.74 Å². The van der Waals surface area contributed by atoms with Crippen molar-refractivity contribution in [2.75, 3.05) is 0 Å². The van der Waals surface area contributed by atoms with Gasteiger partial charge in [0.15, 0.2) is 5.78 Å².